The zero-order chi connectivity index (χ0) is 28.2. The van der Waals surface area contributed by atoms with Crippen LogP contribution in [-0.2, 0) is 5.41 Å². The Morgan fingerprint density at radius 3 is 2.33 bits per heavy atom. The summed E-state index contributed by atoms with van der Waals surface area (Å²) in [6.07, 6.45) is 8.46. The number of H-pyrrole nitrogens is 1. The van der Waals surface area contributed by atoms with Gasteiger partial charge in [-0.05, 0) is 85.5 Å². The molecule has 0 atom stereocenters. The number of amides is 1. The van der Waals surface area contributed by atoms with Crippen molar-refractivity contribution in [1.82, 2.24) is 15.0 Å². The summed E-state index contributed by atoms with van der Waals surface area (Å²) < 4.78 is 0.964. The van der Waals surface area contributed by atoms with Crippen molar-refractivity contribution in [2.45, 2.75) is 43.9 Å². The van der Waals surface area contributed by atoms with Crippen molar-refractivity contribution in [2.75, 3.05) is 0 Å². The number of rotatable bonds is 6. The SMILES string of the molecule is O=C(NN=Cc1c(O)n(-c2ccc(C34CC5CC(CC(C5)C3)C4)cc2)c(=O)[nH]c1=O)c1cc([N+](=O)[O-])ccc1Cl. The number of benzene rings is 2. The Balaban J connectivity index is 1.25. The largest absolute Gasteiger partial charge is 0.493 e. The predicted octanol–water partition coefficient (Wildman–Crippen LogP) is 4.02. The molecular formula is C28H26ClN5O6. The number of aromatic hydroxyl groups is 1. The molecule has 0 radical (unpaired) electrons. The second-order valence-electron chi connectivity index (χ2n) is 11.2. The number of carbonyl (C=O) groups excluding carboxylic acids is 1. The van der Waals surface area contributed by atoms with Crippen LogP contribution in [0.15, 0.2) is 57.2 Å². The molecule has 11 nitrogen and oxygen atoms in total. The summed E-state index contributed by atoms with van der Waals surface area (Å²) in [6.45, 7) is 0. The second-order valence-corrected chi connectivity index (χ2v) is 11.6. The Morgan fingerprint density at radius 2 is 1.73 bits per heavy atom. The number of non-ortho nitro benzene ring substituents is 1. The summed E-state index contributed by atoms with van der Waals surface area (Å²) >= 11 is 5.98. The van der Waals surface area contributed by atoms with Crippen LogP contribution in [0, 0.1) is 27.9 Å². The lowest BCUT2D eigenvalue weighted by Crippen LogP contribution is -2.48. The van der Waals surface area contributed by atoms with Gasteiger partial charge in [0.15, 0.2) is 0 Å². The minimum atomic E-state index is -0.907. The fraction of sp³-hybridized carbons (Fsp3) is 0.357. The van der Waals surface area contributed by atoms with Crippen LogP contribution in [0.25, 0.3) is 5.69 Å². The van der Waals surface area contributed by atoms with E-state index >= 15 is 0 Å². The maximum atomic E-state index is 12.7. The van der Waals surface area contributed by atoms with Gasteiger partial charge >= 0.3 is 5.69 Å². The highest BCUT2D eigenvalue weighted by molar-refractivity contribution is 6.33. The van der Waals surface area contributed by atoms with Gasteiger partial charge in [-0.25, -0.2) is 14.8 Å². The van der Waals surface area contributed by atoms with Gasteiger partial charge in [-0.3, -0.25) is 24.7 Å². The van der Waals surface area contributed by atoms with Gasteiger partial charge < -0.3 is 5.11 Å². The number of nitro groups is 1. The first kappa shape index (κ1) is 26.0. The van der Waals surface area contributed by atoms with Crippen molar-refractivity contribution in [2.24, 2.45) is 22.9 Å². The first-order chi connectivity index (χ1) is 19.1. The number of nitrogens with zero attached hydrogens (tertiary/aromatic N) is 3. The first-order valence-corrected chi connectivity index (χ1v) is 13.5. The van der Waals surface area contributed by atoms with Crippen LogP contribution >= 0.6 is 11.6 Å². The first-order valence-electron chi connectivity index (χ1n) is 13.1. The summed E-state index contributed by atoms with van der Waals surface area (Å²) in [7, 11) is 0. The van der Waals surface area contributed by atoms with Gasteiger partial charge in [0.25, 0.3) is 17.2 Å². The smallest absolute Gasteiger partial charge is 0.335 e. The van der Waals surface area contributed by atoms with E-state index in [-0.39, 0.29) is 27.3 Å². The number of hydrogen-bond donors (Lipinski definition) is 3. The average molecular weight is 564 g/mol. The highest BCUT2D eigenvalue weighted by Gasteiger charge is 2.51. The minimum Gasteiger partial charge on any atom is -0.493 e. The van der Waals surface area contributed by atoms with Crippen LogP contribution < -0.4 is 16.7 Å². The molecule has 3 N–H and O–H groups in total. The number of nitro benzene ring substituents is 1. The summed E-state index contributed by atoms with van der Waals surface area (Å²) in [5, 5.41) is 25.5. The molecule has 40 heavy (non-hydrogen) atoms. The normalized spacial score (nSPS) is 24.9. The van der Waals surface area contributed by atoms with Gasteiger partial charge in [0.2, 0.25) is 5.88 Å². The van der Waals surface area contributed by atoms with Crippen molar-refractivity contribution in [1.29, 1.82) is 0 Å². The average Bonchev–Trinajstić information content (AvgIpc) is 2.90. The van der Waals surface area contributed by atoms with E-state index in [1.54, 1.807) is 12.1 Å². The molecule has 3 aromatic rings. The van der Waals surface area contributed by atoms with Crippen LogP contribution in [0.3, 0.4) is 0 Å². The molecule has 0 spiro atoms. The van der Waals surface area contributed by atoms with Crippen molar-refractivity contribution in [3.05, 3.63) is 95.1 Å². The topological polar surface area (TPSA) is 160 Å². The summed E-state index contributed by atoms with van der Waals surface area (Å²) in [6, 6.07) is 10.9. The van der Waals surface area contributed by atoms with Gasteiger partial charge in [0, 0.05) is 12.1 Å². The number of hydrazone groups is 1. The van der Waals surface area contributed by atoms with Crippen molar-refractivity contribution in [3.8, 4) is 11.6 Å². The van der Waals surface area contributed by atoms with E-state index in [1.165, 1.54) is 50.2 Å². The van der Waals surface area contributed by atoms with E-state index in [0.717, 1.165) is 40.7 Å². The van der Waals surface area contributed by atoms with Crippen molar-refractivity contribution >= 4 is 29.4 Å². The van der Waals surface area contributed by atoms with E-state index in [1.807, 2.05) is 12.1 Å². The lowest BCUT2D eigenvalue weighted by atomic mass is 9.48. The third kappa shape index (κ3) is 4.49. The Bertz CT molecular complexity index is 1640. The van der Waals surface area contributed by atoms with Crippen LogP contribution in [0.4, 0.5) is 5.69 Å². The third-order valence-electron chi connectivity index (χ3n) is 8.66. The van der Waals surface area contributed by atoms with Gasteiger partial charge in [0.1, 0.15) is 5.56 Å². The monoisotopic (exact) mass is 563 g/mol. The molecule has 4 saturated carbocycles. The number of aromatic amines is 1. The molecule has 4 fully saturated rings. The van der Waals surface area contributed by atoms with Crippen molar-refractivity contribution < 1.29 is 14.8 Å². The minimum absolute atomic E-state index is 0.0375. The van der Waals surface area contributed by atoms with E-state index < -0.39 is 28.0 Å². The highest BCUT2D eigenvalue weighted by Crippen LogP contribution is 2.60. The second kappa shape index (κ2) is 9.74. The highest BCUT2D eigenvalue weighted by atomic mass is 35.5. The molecule has 1 heterocycles. The van der Waals surface area contributed by atoms with E-state index in [4.69, 9.17) is 11.6 Å². The summed E-state index contributed by atoms with van der Waals surface area (Å²) in [5.74, 6) is 0.837. The molecule has 0 unspecified atom stereocenters. The maximum absolute atomic E-state index is 12.7. The standard InChI is InChI=1S/C28H26ClN5O6/c29-23-6-5-20(34(39)40)10-21(23)25(36)32-30-14-22-24(35)31-27(38)33(26(22)37)19-3-1-18(2-4-19)28-11-15-7-16(12-28)9-17(8-15)13-28/h1-6,10,14-17,37H,7-9,11-13H2,(H,32,36)(H,31,35,38). The van der Waals surface area contributed by atoms with Gasteiger partial charge in [-0.1, -0.05) is 23.7 Å². The molecule has 1 aromatic heterocycles. The molecule has 7 rings (SSSR count). The Hall–Kier alpha value is -4.25. The Labute approximate surface area is 232 Å². The molecule has 2 aromatic carbocycles. The zero-order valence-corrected chi connectivity index (χ0v) is 22.1. The molecule has 4 aliphatic carbocycles. The molecule has 4 bridgehead atoms. The lowest BCUT2D eigenvalue weighted by molar-refractivity contribution is -0.384. The number of aromatic nitrogens is 2. The van der Waals surface area contributed by atoms with Crippen molar-refractivity contribution in [3.63, 3.8) is 0 Å². The van der Waals surface area contributed by atoms with Crippen LogP contribution in [0.5, 0.6) is 5.88 Å². The third-order valence-corrected chi connectivity index (χ3v) is 8.99. The van der Waals surface area contributed by atoms with E-state index in [9.17, 15) is 29.6 Å². The molecule has 12 heteroatoms. The van der Waals surface area contributed by atoms with Crippen LogP contribution in [-0.4, -0.2) is 31.7 Å². The molecular weight excluding hydrogens is 538 g/mol. The number of hydrogen-bond acceptors (Lipinski definition) is 7. The molecule has 1 amide bonds. The zero-order valence-electron chi connectivity index (χ0n) is 21.3. The number of nitrogens with one attached hydrogen (secondary N) is 2. The van der Waals surface area contributed by atoms with Gasteiger partial charge in [-0.2, -0.15) is 5.10 Å². The Morgan fingerprint density at radius 1 is 1.10 bits per heavy atom. The summed E-state index contributed by atoms with van der Waals surface area (Å²) in [5.41, 5.74) is 1.28. The van der Waals surface area contributed by atoms with Crippen LogP contribution in [0.2, 0.25) is 5.02 Å². The van der Waals surface area contributed by atoms with Crippen LogP contribution in [0.1, 0.15) is 60.0 Å². The Kier molecular flexibility index (Phi) is 6.33. The van der Waals surface area contributed by atoms with Gasteiger partial charge in [-0.15, -0.1) is 0 Å². The number of carbonyl (C=O) groups is 1. The van der Waals surface area contributed by atoms with E-state index in [2.05, 4.69) is 15.5 Å². The van der Waals surface area contributed by atoms with Gasteiger partial charge in [0.05, 0.1) is 27.4 Å². The molecule has 4 aliphatic rings. The molecule has 206 valence electrons. The van der Waals surface area contributed by atoms with E-state index in [0.29, 0.717) is 5.69 Å². The predicted molar refractivity (Wildman–Crippen MR) is 147 cm³/mol. The molecule has 0 saturated heterocycles. The number of halogens is 1. The fourth-order valence-corrected chi connectivity index (χ4v) is 7.54. The summed E-state index contributed by atoms with van der Waals surface area (Å²) in [4.78, 5) is 50.1. The maximum Gasteiger partial charge on any atom is 0.335 e. The molecule has 0 aliphatic heterocycles. The lowest BCUT2D eigenvalue weighted by Gasteiger charge is -2.57. The fourth-order valence-electron chi connectivity index (χ4n) is 7.34. The quantitative estimate of drug-likeness (QED) is 0.233.